The van der Waals surface area contributed by atoms with Crippen molar-refractivity contribution in [2.75, 3.05) is 0 Å². The first-order valence-corrected chi connectivity index (χ1v) is 8.25. The van der Waals surface area contributed by atoms with Crippen LogP contribution in [0.25, 0.3) is 16.9 Å². The average Bonchev–Trinajstić information content (AvgIpc) is 2.99. The van der Waals surface area contributed by atoms with E-state index in [1.54, 1.807) is 16.9 Å². The molecule has 24 heavy (non-hydrogen) atoms. The van der Waals surface area contributed by atoms with Gasteiger partial charge in [0.15, 0.2) is 5.65 Å². The molecule has 1 unspecified atom stereocenters. The summed E-state index contributed by atoms with van der Waals surface area (Å²) < 4.78 is 1.65. The predicted octanol–water partition coefficient (Wildman–Crippen LogP) is 3.82. The number of rotatable bonds is 4. The number of benzene rings is 1. The van der Waals surface area contributed by atoms with Crippen LogP contribution in [0.3, 0.4) is 0 Å². The molecule has 0 aliphatic rings. The fourth-order valence-corrected chi connectivity index (χ4v) is 2.61. The minimum atomic E-state index is -0.171. The van der Waals surface area contributed by atoms with Crippen LogP contribution in [0.4, 0.5) is 0 Å². The van der Waals surface area contributed by atoms with Gasteiger partial charge in [-0.25, -0.2) is 9.50 Å². The summed E-state index contributed by atoms with van der Waals surface area (Å²) in [6.07, 6.45) is 3.21. The number of carbonyl (C=O) groups excluding carboxylic acids is 1. The Morgan fingerprint density at radius 3 is 2.67 bits per heavy atom. The number of hydrogen-bond acceptors (Lipinski definition) is 3. The SMILES string of the molecule is CC(C)C(C)NC(=O)c1cnn2c(-c3ccccc3Cl)ccnc12. The van der Waals surface area contributed by atoms with Crippen LogP contribution in [-0.4, -0.2) is 26.5 Å². The summed E-state index contributed by atoms with van der Waals surface area (Å²) in [5, 5.41) is 7.96. The van der Waals surface area contributed by atoms with Gasteiger partial charge >= 0.3 is 0 Å². The normalized spacial score (nSPS) is 12.5. The molecule has 2 heterocycles. The lowest BCUT2D eigenvalue weighted by Gasteiger charge is -2.16. The largest absolute Gasteiger partial charge is 0.349 e. The maximum Gasteiger partial charge on any atom is 0.256 e. The molecule has 2 aromatic heterocycles. The number of nitrogens with one attached hydrogen (secondary N) is 1. The van der Waals surface area contributed by atoms with Crippen LogP contribution >= 0.6 is 11.6 Å². The van der Waals surface area contributed by atoms with E-state index < -0.39 is 0 Å². The molecule has 0 aliphatic heterocycles. The smallest absolute Gasteiger partial charge is 0.256 e. The van der Waals surface area contributed by atoms with Gasteiger partial charge in [-0.05, 0) is 25.0 Å². The average molecular weight is 343 g/mol. The molecule has 0 fully saturated rings. The zero-order valence-electron chi connectivity index (χ0n) is 13.8. The minimum Gasteiger partial charge on any atom is -0.349 e. The van der Waals surface area contributed by atoms with Crippen LogP contribution in [0.5, 0.6) is 0 Å². The fraction of sp³-hybridized carbons (Fsp3) is 0.278. The summed E-state index contributed by atoms with van der Waals surface area (Å²) >= 11 is 6.29. The van der Waals surface area contributed by atoms with Gasteiger partial charge in [-0.3, -0.25) is 4.79 Å². The molecule has 1 amide bonds. The van der Waals surface area contributed by atoms with Crippen molar-refractivity contribution in [2.45, 2.75) is 26.8 Å². The lowest BCUT2D eigenvalue weighted by atomic mass is 10.1. The van der Waals surface area contributed by atoms with Gasteiger partial charge in [0.05, 0.1) is 11.9 Å². The first-order chi connectivity index (χ1) is 11.5. The Bertz CT molecular complexity index is 888. The van der Waals surface area contributed by atoms with E-state index in [1.807, 2.05) is 37.3 Å². The number of fused-ring (bicyclic) bond motifs is 1. The molecule has 1 aromatic carbocycles. The first kappa shape index (κ1) is 16.5. The maximum atomic E-state index is 12.5. The van der Waals surface area contributed by atoms with Crippen LogP contribution in [0.15, 0.2) is 42.7 Å². The van der Waals surface area contributed by atoms with E-state index in [9.17, 15) is 4.79 Å². The van der Waals surface area contributed by atoms with Gasteiger partial charge in [0.25, 0.3) is 5.91 Å². The van der Waals surface area contributed by atoms with Gasteiger partial charge in [-0.1, -0.05) is 43.6 Å². The molecule has 0 spiro atoms. The summed E-state index contributed by atoms with van der Waals surface area (Å²) in [4.78, 5) is 16.8. The molecule has 3 aromatic rings. The highest BCUT2D eigenvalue weighted by Crippen LogP contribution is 2.27. The van der Waals surface area contributed by atoms with E-state index in [0.717, 1.165) is 11.3 Å². The number of aromatic nitrogens is 3. The topological polar surface area (TPSA) is 59.3 Å². The highest BCUT2D eigenvalue weighted by Gasteiger charge is 2.19. The van der Waals surface area contributed by atoms with Gasteiger partial charge in [-0.15, -0.1) is 0 Å². The number of halogens is 1. The van der Waals surface area contributed by atoms with Crippen LogP contribution in [-0.2, 0) is 0 Å². The number of carbonyl (C=O) groups is 1. The molecule has 6 heteroatoms. The Morgan fingerprint density at radius 1 is 1.21 bits per heavy atom. The molecule has 1 atom stereocenters. The van der Waals surface area contributed by atoms with Crippen molar-refractivity contribution in [3.63, 3.8) is 0 Å². The Hall–Kier alpha value is -2.40. The minimum absolute atomic E-state index is 0.0687. The monoisotopic (exact) mass is 342 g/mol. The van der Waals surface area contributed by atoms with E-state index in [1.165, 1.54) is 0 Å². The molecule has 0 aliphatic carbocycles. The van der Waals surface area contributed by atoms with E-state index in [0.29, 0.717) is 22.2 Å². The van der Waals surface area contributed by atoms with Gasteiger partial charge in [0, 0.05) is 22.8 Å². The molecule has 0 radical (unpaired) electrons. The third-order valence-electron chi connectivity index (χ3n) is 4.15. The Labute approximate surface area is 145 Å². The van der Waals surface area contributed by atoms with Crippen molar-refractivity contribution < 1.29 is 4.79 Å². The standard InChI is InChI=1S/C18H19ClN4O/c1-11(2)12(3)22-18(24)14-10-21-23-16(8-9-20-17(14)23)13-6-4-5-7-15(13)19/h4-12H,1-3H3,(H,22,24). The molecule has 1 N–H and O–H groups in total. The first-order valence-electron chi connectivity index (χ1n) is 7.87. The van der Waals surface area contributed by atoms with Crippen LogP contribution < -0.4 is 5.32 Å². The van der Waals surface area contributed by atoms with E-state index in [2.05, 4.69) is 29.2 Å². The highest BCUT2D eigenvalue weighted by molar-refractivity contribution is 6.33. The predicted molar refractivity (Wildman–Crippen MR) is 95.2 cm³/mol. The van der Waals surface area contributed by atoms with Gasteiger partial charge in [0.1, 0.15) is 5.56 Å². The van der Waals surface area contributed by atoms with E-state index in [-0.39, 0.29) is 11.9 Å². The molecule has 0 saturated carbocycles. The third kappa shape index (κ3) is 2.99. The Kier molecular flexibility index (Phi) is 4.53. The van der Waals surface area contributed by atoms with Crippen molar-refractivity contribution in [2.24, 2.45) is 5.92 Å². The van der Waals surface area contributed by atoms with Gasteiger partial charge in [-0.2, -0.15) is 5.10 Å². The Balaban J connectivity index is 2.04. The van der Waals surface area contributed by atoms with Crippen molar-refractivity contribution in [1.29, 1.82) is 0 Å². The quantitative estimate of drug-likeness (QED) is 0.784. The second-order valence-electron chi connectivity index (χ2n) is 6.11. The van der Waals surface area contributed by atoms with Crippen LogP contribution in [0.2, 0.25) is 5.02 Å². The summed E-state index contributed by atoms with van der Waals surface area (Å²) in [6, 6.07) is 9.43. The molecule has 3 rings (SSSR count). The number of amides is 1. The summed E-state index contributed by atoms with van der Waals surface area (Å²) in [6.45, 7) is 6.11. The fourth-order valence-electron chi connectivity index (χ4n) is 2.38. The summed E-state index contributed by atoms with van der Waals surface area (Å²) in [7, 11) is 0. The molecular formula is C18H19ClN4O. The Morgan fingerprint density at radius 2 is 1.96 bits per heavy atom. The molecule has 124 valence electrons. The molecule has 0 saturated heterocycles. The highest BCUT2D eigenvalue weighted by atomic mass is 35.5. The zero-order chi connectivity index (χ0) is 17.3. The van der Waals surface area contributed by atoms with Crippen molar-refractivity contribution >= 4 is 23.2 Å². The molecular weight excluding hydrogens is 324 g/mol. The number of nitrogens with zero attached hydrogens (tertiary/aromatic N) is 3. The van der Waals surface area contributed by atoms with Crippen molar-refractivity contribution in [3.05, 3.63) is 53.3 Å². The van der Waals surface area contributed by atoms with Crippen LogP contribution in [0, 0.1) is 5.92 Å². The molecule has 5 nitrogen and oxygen atoms in total. The van der Waals surface area contributed by atoms with Gasteiger partial charge < -0.3 is 5.32 Å². The number of hydrogen-bond donors (Lipinski definition) is 1. The lowest BCUT2D eigenvalue weighted by Crippen LogP contribution is -2.36. The molecule has 0 bridgehead atoms. The van der Waals surface area contributed by atoms with E-state index in [4.69, 9.17) is 11.6 Å². The second-order valence-corrected chi connectivity index (χ2v) is 6.52. The van der Waals surface area contributed by atoms with E-state index >= 15 is 0 Å². The van der Waals surface area contributed by atoms with Crippen molar-refractivity contribution in [3.8, 4) is 11.3 Å². The van der Waals surface area contributed by atoms with Gasteiger partial charge in [0.2, 0.25) is 0 Å². The van der Waals surface area contributed by atoms with Crippen LogP contribution in [0.1, 0.15) is 31.1 Å². The summed E-state index contributed by atoms with van der Waals surface area (Å²) in [5.74, 6) is 0.178. The lowest BCUT2D eigenvalue weighted by molar-refractivity contribution is 0.0932. The maximum absolute atomic E-state index is 12.5. The third-order valence-corrected chi connectivity index (χ3v) is 4.48. The summed E-state index contributed by atoms with van der Waals surface area (Å²) in [5.41, 5.74) is 2.61. The second kappa shape index (κ2) is 6.61. The van der Waals surface area contributed by atoms with Crippen molar-refractivity contribution in [1.82, 2.24) is 19.9 Å². The zero-order valence-corrected chi connectivity index (χ0v) is 14.6.